The summed E-state index contributed by atoms with van der Waals surface area (Å²) in [5.41, 5.74) is 3.58. The number of aromatic nitrogens is 1. The second-order valence-corrected chi connectivity index (χ2v) is 6.27. The summed E-state index contributed by atoms with van der Waals surface area (Å²) in [7, 11) is 0. The number of aliphatic hydroxyl groups is 1. The molecule has 1 atom stereocenters. The van der Waals surface area contributed by atoms with Gasteiger partial charge < -0.3 is 10.4 Å². The van der Waals surface area contributed by atoms with E-state index in [0.717, 1.165) is 25.1 Å². The standard InChI is InChI=1S/C20H23N3O2/c24-19(13-22-20(25)8-7-16-4-3-10-21-12-16)15-23-11-9-17-5-1-2-6-18(17)14-23/h1-8,10,12,19,24H,9,11,13-15H2,(H,22,25)/b8-7+. The Labute approximate surface area is 148 Å². The Morgan fingerprint density at radius 3 is 2.92 bits per heavy atom. The van der Waals surface area contributed by atoms with Crippen LogP contribution in [0.15, 0.2) is 54.9 Å². The van der Waals surface area contributed by atoms with Crippen molar-refractivity contribution in [3.05, 3.63) is 71.6 Å². The molecule has 2 aromatic rings. The number of benzene rings is 1. The Bertz CT molecular complexity index is 731. The molecule has 2 heterocycles. The number of hydrogen-bond acceptors (Lipinski definition) is 4. The van der Waals surface area contributed by atoms with Gasteiger partial charge in [-0.15, -0.1) is 0 Å². The van der Waals surface area contributed by atoms with Gasteiger partial charge in [0.05, 0.1) is 6.10 Å². The van der Waals surface area contributed by atoms with Crippen molar-refractivity contribution in [2.45, 2.75) is 19.1 Å². The summed E-state index contributed by atoms with van der Waals surface area (Å²) in [5, 5.41) is 12.9. The van der Waals surface area contributed by atoms with Gasteiger partial charge in [0.25, 0.3) is 0 Å². The van der Waals surface area contributed by atoms with Crippen molar-refractivity contribution in [2.75, 3.05) is 19.6 Å². The first-order valence-electron chi connectivity index (χ1n) is 8.54. The number of fused-ring (bicyclic) bond motifs is 1. The maximum absolute atomic E-state index is 11.8. The Balaban J connectivity index is 1.42. The van der Waals surface area contributed by atoms with Crippen molar-refractivity contribution >= 4 is 12.0 Å². The van der Waals surface area contributed by atoms with E-state index in [1.165, 1.54) is 17.2 Å². The van der Waals surface area contributed by atoms with Gasteiger partial charge in [-0.05, 0) is 35.3 Å². The molecule has 0 bridgehead atoms. The molecule has 3 rings (SSSR count). The van der Waals surface area contributed by atoms with Crippen molar-refractivity contribution in [2.24, 2.45) is 0 Å². The molecule has 1 amide bonds. The zero-order valence-corrected chi connectivity index (χ0v) is 14.1. The monoisotopic (exact) mass is 337 g/mol. The first kappa shape index (κ1) is 17.3. The van der Waals surface area contributed by atoms with E-state index in [1.54, 1.807) is 18.5 Å². The lowest BCUT2D eigenvalue weighted by Crippen LogP contribution is -2.41. The van der Waals surface area contributed by atoms with E-state index in [-0.39, 0.29) is 12.5 Å². The molecule has 25 heavy (non-hydrogen) atoms. The van der Waals surface area contributed by atoms with Crippen LogP contribution in [0.25, 0.3) is 6.08 Å². The molecule has 0 fully saturated rings. The predicted molar refractivity (Wildman–Crippen MR) is 97.7 cm³/mol. The van der Waals surface area contributed by atoms with Crippen LogP contribution in [0.5, 0.6) is 0 Å². The molecule has 0 saturated carbocycles. The zero-order chi connectivity index (χ0) is 17.5. The third-order valence-electron chi connectivity index (χ3n) is 4.30. The Morgan fingerprint density at radius 1 is 1.28 bits per heavy atom. The molecule has 0 saturated heterocycles. The maximum atomic E-state index is 11.8. The maximum Gasteiger partial charge on any atom is 0.244 e. The smallest absolute Gasteiger partial charge is 0.244 e. The Kier molecular flexibility index (Phi) is 5.93. The lowest BCUT2D eigenvalue weighted by molar-refractivity contribution is -0.116. The summed E-state index contributed by atoms with van der Waals surface area (Å²) in [5.74, 6) is -0.216. The van der Waals surface area contributed by atoms with E-state index in [1.807, 2.05) is 18.2 Å². The molecule has 1 unspecified atom stereocenters. The van der Waals surface area contributed by atoms with Gasteiger partial charge in [-0.2, -0.15) is 0 Å². The van der Waals surface area contributed by atoms with Gasteiger partial charge in [0.2, 0.25) is 5.91 Å². The third kappa shape index (κ3) is 5.24. The highest BCUT2D eigenvalue weighted by atomic mass is 16.3. The fourth-order valence-corrected chi connectivity index (χ4v) is 3.00. The highest BCUT2D eigenvalue weighted by Crippen LogP contribution is 2.18. The van der Waals surface area contributed by atoms with Crippen molar-refractivity contribution in [1.29, 1.82) is 0 Å². The van der Waals surface area contributed by atoms with Gasteiger partial charge in [-0.1, -0.05) is 30.3 Å². The van der Waals surface area contributed by atoms with Crippen molar-refractivity contribution in [1.82, 2.24) is 15.2 Å². The highest BCUT2D eigenvalue weighted by molar-refractivity contribution is 5.91. The summed E-state index contributed by atoms with van der Waals surface area (Å²) in [6.45, 7) is 2.58. The fourth-order valence-electron chi connectivity index (χ4n) is 3.00. The van der Waals surface area contributed by atoms with Gasteiger partial charge in [0.1, 0.15) is 0 Å². The number of carbonyl (C=O) groups excluding carboxylic acids is 1. The minimum atomic E-state index is -0.582. The Hall–Kier alpha value is -2.50. The lowest BCUT2D eigenvalue weighted by atomic mass is 10.00. The number of carbonyl (C=O) groups is 1. The molecular weight excluding hydrogens is 314 g/mol. The minimum absolute atomic E-state index is 0.216. The van der Waals surface area contributed by atoms with E-state index in [2.05, 4.69) is 33.4 Å². The molecule has 5 nitrogen and oxygen atoms in total. The lowest BCUT2D eigenvalue weighted by Gasteiger charge is -2.30. The van der Waals surface area contributed by atoms with Crippen molar-refractivity contribution < 1.29 is 9.90 Å². The molecule has 0 radical (unpaired) electrons. The number of hydrogen-bond donors (Lipinski definition) is 2. The van der Waals surface area contributed by atoms with E-state index in [4.69, 9.17) is 0 Å². The van der Waals surface area contributed by atoms with Crippen LogP contribution in [0, 0.1) is 0 Å². The van der Waals surface area contributed by atoms with Crippen molar-refractivity contribution in [3.63, 3.8) is 0 Å². The molecule has 2 N–H and O–H groups in total. The second-order valence-electron chi connectivity index (χ2n) is 6.27. The van der Waals surface area contributed by atoms with Crippen LogP contribution >= 0.6 is 0 Å². The number of pyridine rings is 1. The van der Waals surface area contributed by atoms with Gasteiger partial charge in [-0.3, -0.25) is 14.7 Å². The predicted octanol–water partition coefficient (Wildman–Crippen LogP) is 1.63. The summed E-state index contributed by atoms with van der Waals surface area (Å²) >= 11 is 0. The number of aliphatic hydroxyl groups excluding tert-OH is 1. The van der Waals surface area contributed by atoms with E-state index in [9.17, 15) is 9.90 Å². The average Bonchev–Trinajstić information content (AvgIpc) is 2.65. The van der Waals surface area contributed by atoms with E-state index in [0.29, 0.717) is 6.54 Å². The number of nitrogens with one attached hydrogen (secondary N) is 1. The van der Waals surface area contributed by atoms with Crippen LogP contribution in [0.2, 0.25) is 0 Å². The second kappa shape index (κ2) is 8.55. The van der Waals surface area contributed by atoms with Gasteiger partial charge >= 0.3 is 0 Å². The first-order chi connectivity index (χ1) is 12.2. The van der Waals surface area contributed by atoms with Crippen LogP contribution in [-0.4, -0.2) is 46.6 Å². The molecule has 5 heteroatoms. The van der Waals surface area contributed by atoms with Crippen LogP contribution in [0.1, 0.15) is 16.7 Å². The average molecular weight is 337 g/mol. The number of nitrogens with zero attached hydrogens (tertiary/aromatic N) is 2. The number of rotatable bonds is 6. The molecule has 1 aliphatic rings. The van der Waals surface area contributed by atoms with Gasteiger partial charge in [0, 0.05) is 44.6 Å². The zero-order valence-electron chi connectivity index (χ0n) is 14.1. The summed E-state index contributed by atoms with van der Waals surface area (Å²) in [6, 6.07) is 12.1. The molecule has 0 spiro atoms. The molecule has 0 aliphatic carbocycles. The number of amides is 1. The van der Waals surface area contributed by atoms with E-state index < -0.39 is 6.10 Å². The fraction of sp³-hybridized carbons (Fsp3) is 0.300. The van der Waals surface area contributed by atoms with Gasteiger partial charge in [-0.25, -0.2) is 0 Å². The molecule has 1 aliphatic heterocycles. The van der Waals surface area contributed by atoms with Crippen LogP contribution in [0.3, 0.4) is 0 Å². The largest absolute Gasteiger partial charge is 0.390 e. The van der Waals surface area contributed by atoms with Crippen LogP contribution < -0.4 is 5.32 Å². The van der Waals surface area contributed by atoms with Crippen molar-refractivity contribution in [3.8, 4) is 0 Å². The first-order valence-corrected chi connectivity index (χ1v) is 8.54. The van der Waals surface area contributed by atoms with Gasteiger partial charge in [0.15, 0.2) is 0 Å². The van der Waals surface area contributed by atoms with Crippen LogP contribution in [-0.2, 0) is 17.8 Å². The van der Waals surface area contributed by atoms with E-state index >= 15 is 0 Å². The summed E-state index contributed by atoms with van der Waals surface area (Å²) in [6.07, 6.45) is 6.96. The minimum Gasteiger partial charge on any atom is -0.390 e. The topological polar surface area (TPSA) is 65.5 Å². The number of β-amino-alcohol motifs (C(OH)–C–C–N with tert-alkyl or cyclic N) is 1. The molecule has 130 valence electrons. The molecule has 1 aromatic heterocycles. The quantitative estimate of drug-likeness (QED) is 0.787. The Morgan fingerprint density at radius 2 is 2.12 bits per heavy atom. The molecular formula is C20H23N3O2. The SMILES string of the molecule is O=C(/C=C/c1cccnc1)NCC(O)CN1CCc2ccccc2C1. The highest BCUT2D eigenvalue weighted by Gasteiger charge is 2.18. The normalized spacial score (nSPS) is 15.7. The molecule has 1 aromatic carbocycles. The van der Waals surface area contributed by atoms with Crippen LogP contribution in [0.4, 0.5) is 0 Å². The summed E-state index contributed by atoms with van der Waals surface area (Å²) < 4.78 is 0. The summed E-state index contributed by atoms with van der Waals surface area (Å²) in [4.78, 5) is 18.0. The third-order valence-corrected chi connectivity index (χ3v) is 4.30.